The van der Waals surface area contributed by atoms with E-state index in [1.807, 2.05) is 0 Å². The molecule has 3 aromatic rings. The van der Waals surface area contributed by atoms with Crippen molar-refractivity contribution in [1.82, 2.24) is 9.88 Å². The van der Waals surface area contributed by atoms with Gasteiger partial charge in [0.05, 0.1) is 22.3 Å². The molecular weight excluding hydrogens is 582 g/mol. The van der Waals surface area contributed by atoms with Crippen LogP contribution in [-0.4, -0.2) is 57.2 Å². The number of carboxylic acid groups (broad SMARTS) is 2. The molecule has 2 aromatic carbocycles. The maximum atomic E-state index is 15.3. The fourth-order valence-electron chi connectivity index (χ4n) is 6.05. The molecule has 0 aliphatic carbocycles. The third kappa shape index (κ3) is 6.72. The third-order valence-corrected chi connectivity index (χ3v) is 8.40. The zero-order valence-corrected chi connectivity index (χ0v) is 23.9. The van der Waals surface area contributed by atoms with Crippen LogP contribution in [0.15, 0.2) is 48.7 Å². The summed E-state index contributed by atoms with van der Waals surface area (Å²) in [5.74, 6) is -3.63. The van der Waals surface area contributed by atoms with Crippen molar-refractivity contribution in [3.63, 3.8) is 0 Å². The minimum absolute atomic E-state index is 0.0848. The number of aliphatic carboxylic acids is 1. The number of nitrogens with zero attached hydrogens (tertiary/aromatic N) is 2. The lowest BCUT2D eigenvalue weighted by Gasteiger charge is -2.36. The molecule has 12 heteroatoms. The van der Waals surface area contributed by atoms with Gasteiger partial charge in [-0.15, -0.1) is 0 Å². The number of carbonyl (C=O) groups excluding carboxylic acids is 1. The Bertz CT molecular complexity index is 1550. The van der Waals surface area contributed by atoms with Crippen molar-refractivity contribution in [1.29, 1.82) is 0 Å². The number of likely N-dealkylation sites (tertiary alicyclic amines) is 1. The number of halogens is 3. The van der Waals surface area contributed by atoms with Crippen molar-refractivity contribution in [2.75, 3.05) is 23.7 Å². The number of piperidine rings is 1. The van der Waals surface area contributed by atoms with Crippen molar-refractivity contribution < 1.29 is 33.4 Å². The zero-order chi connectivity index (χ0) is 30.7. The summed E-state index contributed by atoms with van der Waals surface area (Å²) in [6.07, 6.45) is 3.07. The normalized spacial score (nSPS) is 20.5. The molecule has 2 bridgehead atoms. The van der Waals surface area contributed by atoms with Gasteiger partial charge in [0.2, 0.25) is 5.91 Å². The standard InChI is InChI=1S/C31H31ClF2N4O5/c32-22-8-10-24(37-31(42)43)27(28(22)34)18-4-3-13-38(16-18)29(39)20-5-1-2-6-25(30(40)41)36-23-9-7-19(33)15-21(23)17-11-12-35-26(20)14-17/h7-12,14-15,18,20,25,36-37H,1-6,13,16H2,(H,40,41)(H,42,43)/t18-,20?,25?/m1/s1. The number of nitrogens with one attached hydrogen (secondary N) is 2. The average Bonchev–Trinajstić information content (AvgIpc) is 2.98. The topological polar surface area (TPSA) is 132 Å². The smallest absolute Gasteiger partial charge is 0.409 e. The van der Waals surface area contributed by atoms with Gasteiger partial charge in [0.1, 0.15) is 17.7 Å². The van der Waals surface area contributed by atoms with E-state index in [2.05, 4.69) is 15.6 Å². The summed E-state index contributed by atoms with van der Waals surface area (Å²) >= 11 is 6.06. The molecule has 3 heterocycles. The van der Waals surface area contributed by atoms with Gasteiger partial charge < -0.3 is 20.4 Å². The van der Waals surface area contributed by atoms with Crippen LogP contribution in [0.3, 0.4) is 0 Å². The molecule has 226 valence electrons. The SMILES string of the molecule is O=C(O)Nc1ccc(Cl)c(F)c1[C@@H]1CCCN(C(=O)C2CCCCC(C(=O)O)Nc3ccc(F)cc3-c3ccnc2c3)C1. The van der Waals surface area contributed by atoms with Crippen LogP contribution in [0.2, 0.25) is 5.02 Å². The maximum absolute atomic E-state index is 15.3. The average molecular weight is 613 g/mol. The van der Waals surface area contributed by atoms with E-state index in [9.17, 15) is 29.0 Å². The number of amides is 2. The highest BCUT2D eigenvalue weighted by atomic mass is 35.5. The van der Waals surface area contributed by atoms with Crippen molar-refractivity contribution in [3.8, 4) is 11.1 Å². The highest BCUT2D eigenvalue weighted by Gasteiger charge is 2.34. The van der Waals surface area contributed by atoms with E-state index < -0.39 is 41.6 Å². The Morgan fingerprint density at radius 2 is 1.79 bits per heavy atom. The molecule has 3 atom stereocenters. The van der Waals surface area contributed by atoms with Crippen LogP contribution in [0.4, 0.5) is 25.0 Å². The second kappa shape index (κ2) is 12.9. The van der Waals surface area contributed by atoms with Gasteiger partial charge in [-0.25, -0.2) is 18.4 Å². The van der Waals surface area contributed by atoms with E-state index >= 15 is 4.39 Å². The fraction of sp³-hybridized carbons (Fsp3) is 0.355. The van der Waals surface area contributed by atoms with Gasteiger partial charge in [-0.2, -0.15) is 0 Å². The molecule has 5 rings (SSSR count). The molecule has 2 unspecified atom stereocenters. The molecule has 43 heavy (non-hydrogen) atoms. The summed E-state index contributed by atoms with van der Waals surface area (Å²) in [5, 5.41) is 24.2. The third-order valence-electron chi connectivity index (χ3n) is 8.11. The first-order chi connectivity index (χ1) is 20.6. The van der Waals surface area contributed by atoms with Crippen LogP contribution in [0.1, 0.15) is 61.6 Å². The Morgan fingerprint density at radius 1 is 1.00 bits per heavy atom. The predicted octanol–water partition coefficient (Wildman–Crippen LogP) is 6.70. The molecule has 0 radical (unpaired) electrons. The second-order valence-corrected chi connectivity index (χ2v) is 11.3. The first-order valence-corrected chi connectivity index (χ1v) is 14.5. The van der Waals surface area contributed by atoms with Gasteiger partial charge in [0.25, 0.3) is 0 Å². The van der Waals surface area contributed by atoms with Crippen molar-refractivity contribution >= 4 is 40.9 Å². The molecule has 4 N–H and O–H groups in total. The lowest BCUT2D eigenvalue weighted by atomic mass is 9.87. The Morgan fingerprint density at radius 3 is 2.56 bits per heavy atom. The lowest BCUT2D eigenvalue weighted by molar-refractivity contribution is -0.138. The molecule has 1 aromatic heterocycles. The Balaban J connectivity index is 1.48. The predicted molar refractivity (Wildman–Crippen MR) is 157 cm³/mol. The monoisotopic (exact) mass is 612 g/mol. The summed E-state index contributed by atoms with van der Waals surface area (Å²) < 4.78 is 29.6. The number of aromatic nitrogens is 1. The minimum Gasteiger partial charge on any atom is -0.480 e. The van der Waals surface area contributed by atoms with Gasteiger partial charge >= 0.3 is 12.1 Å². The van der Waals surface area contributed by atoms with Gasteiger partial charge in [-0.3, -0.25) is 15.1 Å². The van der Waals surface area contributed by atoms with E-state index in [0.29, 0.717) is 67.6 Å². The molecule has 2 aliphatic heterocycles. The summed E-state index contributed by atoms with van der Waals surface area (Å²) in [5.41, 5.74) is 2.20. The van der Waals surface area contributed by atoms with E-state index in [-0.39, 0.29) is 28.7 Å². The number of carboxylic acids is 1. The number of fused-ring (bicyclic) bond motifs is 4. The van der Waals surface area contributed by atoms with Crippen LogP contribution in [0.5, 0.6) is 0 Å². The molecule has 0 saturated carbocycles. The molecule has 2 amide bonds. The number of carbonyl (C=O) groups is 3. The van der Waals surface area contributed by atoms with Crippen molar-refractivity contribution in [2.24, 2.45) is 0 Å². The van der Waals surface area contributed by atoms with Crippen LogP contribution >= 0.6 is 11.6 Å². The number of hydrogen-bond donors (Lipinski definition) is 4. The molecule has 1 fully saturated rings. The summed E-state index contributed by atoms with van der Waals surface area (Å²) in [6.45, 7) is 0.577. The van der Waals surface area contributed by atoms with E-state index in [1.165, 1.54) is 30.3 Å². The highest BCUT2D eigenvalue weighted by molar-refractivity contribution is 6.31. The quantitative estimate of drug-likeness (QED) is 0.258. The van der Waals surface area contributed by atoms with Crippen LogP contribution in [-0.2, 0) is 9.59 Å². The summed E-state index contributed by atoms with van der Waals surface area (Å²) in [7, 11) is 0. The number of pyridine rings is 1. The largest absolute Gasteiger partial charge is 0.480 e. The lowest BCUT2D eigenvalue weighted by Crippen LogP contribution is -2.42. The number of rotatable bonds is 4. The van der Waals surface area contributed by atoms with Crippen LogP contribution < -0.4 is 10.6 Å². The zero-order valence-electron chi connectivity index (χ0n) is 23.2. The maximum Gasteiger partial charge on any atom is 0.409 e. The first-order valence-electron chi connectivity index (χ1n) is 14.1. The number of anilines is 2. The Labute approximate surface area is 251 Å². The molecule has 9 nitrogen and oxygen atoms in total. The minimum atomic E-state index is -1.34. The van der Waals surface area contributed by atoms with E-state index in [0.717, 1.165) is 0 Å². The van der Waals surface area contributed by atoms with Gasteiger partial charge in [0.15, 0.2) is 0 Å². The molecule has 2 aliphatic rings. The number of benzene rings is 2. The van der Waals surface area contributed by atoms with Crippen molar-refractivity contribution in [2.45, 2.75) is 56.4 Å². The van der Waals surface area contributed by atoms with Crippen molar-refractivity contribution in [3.05, 3.63) is 76.6 Å². The van der Waals surface area contributed by atoms with E-state index in [1.54, 1.807) is 23.2 Å². The summed E-state index contributed by atoms with van der Waals surface area (Å²) in [6, 6.07) is 9.30. The van der Waals surface area contributed by atoms with Gasteiger partial charge in [0, 0.05) is 42.0 Å². The van der Waals surface area contributed by atoms with Crippen LogP contribution in [0, 0.1) is 11.6 Å². The first kappa shape index (κ1) is 30.2. The number of hydrogen-bond acceptors (Lipinski definition) is 5. The van der Waals surface area contributed by atoms with Crippen LogP contribution in [0.25, 0.3) is 11.1 Å². The van der Waals surface area contributed by atoms with E-state index in [4.69, 9.17) is 11.6 Å². The fourth-order valence-corrected chi connectivity index (χ4v) is 6.22. The second-order valence-electron chi connectivity index (χ2n) is 10.9. The van der Waals surface area contributed by atoms with Gasteiger partial charge in [-0.1, -0.05) is 24.4 Å². The highest BCUT2D eigenvalue weighted by Crippen LogP contribution is 2.39. The Hall–Kier alpha value is -4.25. The molecular formula is C31H31ClF2N4O5. The summed E-state index contributed by atoms with van der Waals surface area (Å²) in [4.78, 5) is 43.7. The Kier molecular flexibility index (Phi) is 9.10. The molecule has 0 spiro atoms. The van der Waals surface area contributed by atoms with Gasteiger partial charge in [-0.05, 0) is 73.7 Å². The molecule has 1 saturated heterocycles.